The highest BCUT2D eigenvalue weighted by Crippen LogP contribution is 2.44. The molecule has 11 nitrogen and oxygen atoms in total. The van der Waals surface area contributed by atoms with Crippen LogP contribution in [0.4, 0.5) is 11.6 Å². The SMILES string of the molecule is COc1cc(NC(=O)C2=C(C)Nc3ncnn3[C@@H]2c2cc(OC)c(OC)c(OC)c2)c(OC)cc1Cl. The minimum atomic E-state index is -0.669. The molecule has 1 aromatic heterocycles. The van der Waals surface area contributed by atoms with Crippen LogP contribution < -0.4 is 34.3 Å². The van der Waals surface area contributed by atoms with Crippen molar-refractivity contribution in [3.05, 3.63) is 52.4 Å². The number of nitrogens with zero attached hydrogens (tertiary/aromatic N) is 3. The molecule has 0 saturated carbocycles. The van der Waals surface area contributed by atoms with Crippen LogP contribution in [0.2, 0.25) is 5.02 Å². The Hall–Kier alpha value is -4.12. The highest BCUT2D eigenvalue weighted by molar-refractivity contribution is 6.32. The smallest absolute Gasteiger partial charge is 0.255 e. The summed E-state index contributed by atoms with van der Waals surface area (Å²) < 4.78 is 28.9. The molecular weight excluding hydrogens is 490 g/mol. The van der Waals surface area contributed by atoms with Crippen LogP contribution in [-0.2, 0) is 4.79 Å². The summed E-state index contributed by atoms with van der Waals surface area (Å²) >= 11 is 6.23. The van der Waals surface area contributed by atoms with Crippen molar-refractivity contribution in [2.24, 2.45) is 0 Å². The number of aromatic nitrogens is 3. The lowest BCUT2D eigenvalue weighted by Crippen LogP contribution is -2.31. The molecule has 190 valence electrons. The zero-order chi connectivity index (χ0) is 26.0. The number of benzene rings is 2. The van der Waals surface area contributed by atoms with Crippen molar-refractivity contribution in [3.8, 4) is 28.7 Å². The van der Waals surface area contributed by atoms with Crippen LogP contribution in [0.3, 0.4) is 0 Å². The van der Waals surface area contributed by atoms with Crippen LogP contribution in [-0.4, -0.2) is 56.2 Å². The standard InChI is InChI=1S/C24H26ClN5O6/c1-12-20(23(31)29-15-10-16(32-2)14(25)9-17(15)33-3)21(30-24(28-12)26-11-27-30)13-7-18(34-4)22(36-6)19(8-13)35-5/h7-11,21H,1-6H3,(H,29,31)(H,26,27,28)/t21-/m1/s1. The monoisotopic (exact) mass is 515 g/mol. The van der Waals surface area contributed by atoms with Gasteiger partial charge in [0, 0.05) is 17.8 Å². The van der Waals surface area contributed by atoms with E-state index in [0.29, 0.717) is 62.2 Å². The Labute approximate surface area is 212 Å². The second-order valence-electron chi connectivity index (χ2n) is 7.69. The van der Waals surface area contributed by atoms with Gasteiger partial charge < -0.3 is 34.3 Å². The first-order valence-corrected chi connectivity index (χ1v) is 11.1. The van der Waals surface area contributed by atoms with E-state index in [4.69, 9.17) is 35.3 Å². The van der Waals surface area contributed by atoms with Crippen molar-refractivity contribution in [1.82, 2.24) is 14.8 Å². The Bertz CT molecular complexity index is 1310. The summed E-state index contributed by atoms with van der Waals surface area (Å²) in [6.07, 6.45) is 1.41. The van der Waals surface area contributed by atoms with Crippen LogP contribution >= 0.6 is 11.6 Å². The zero-order valence-corrected chi connectivity index (χ0v) is 21.4. The van der Waals surface area contributed by atoms with E-state index in [-0.39, 0.29) is 0 Å². The Morgan fingerprint density at radius 1 is 0.944 bits per heavy atom. The lowest BCUT2D eigenvalue weighted by atomic mass is 9.94. The molecule has 1 aliphatic rings. The molecule has 4 rings (SSSR count). The van der Waals surface area contributed by atoms with Gasteiger partial charge in [-0.15, -0.1) is 0 Å². The first-order chi connectivity index (χ1) is 17.4. The van der Waals surface area contributed by atoms with Crippen LogP contribution in [0.5, 0.6) is 28.7 Å². The minimum absolute atomic E-state index is 0.352. The van der Waals surface area contributed by atoms with Crippen LogP contribution in [0.1, 0.15) is 18.5 Å². The highest BCUT2D eigenvalue weighted by atomic mass is 35.5. The Morgan fingerprint density at radius 3 is 2.17 bits per heavy atom. The fourth-order valence-corrected chi connectivity index (χ4v) is 4.33. The molecule has 2 N–H and O–H groups in total. The van der Waals surface area contributed by atoms with Gasteiger partial charge in [0.2, 0.25) is 11.7 Å². The number of carbonyl (C=O) groups excluding carboxylic acids is 1. The third-order valence-corrected chi connectivity index (χ3v) is 6.06. The van der Waals surface area contributed by atoms with Gasteiger partial charge in [-0.1, -0.05) is 11.6 Å². The summed E-state index contributed by atoms with van der Waals surface area (Å²) in [5.41, 5.74) is 2.03. The second kappa shape index (κ2) is 10.2. The van der Waals surface area contributed by atoms with E-state index < -0.39 is 11.9 Å². The molecule has 0 bridgehead atoms. The molecule has 0 aliphatic carbocycles. The largest absolute Gasteiger partial charge is 0.495 e. The number of allylic oxidation sites excluding steroid dienone is 1. The fraction of sp³-hybridized carbons (Fsp3) is 0.292. The molecule has 1 aliphatic heterocycles. The van der Waals surface area contributed by atoms with Gasteiger partial charge in [0.1, 0.15) is 23.9 Å². The summed E-state index contributed by atoms with van der Waals surface area (Å²) in [5.74, 6) is 2.15. The number of amides is 1. The van der Waals surface area contributed by atoms with Crippen molar-refractivity contribution in [1.29, 1.82) is 0 Å². The molecule has 12 heteroatoms. The molecule has 1 amide bonds. The van der Waals surface area contributed by atoms with Crippen molar-refractivity contribution in [2.75, 3.05) is 46.2 Å². The van der Waals surface area contributed by atoms with E-state index in [9.17, 15) is 4.79 Å². The van der Waals surface area contributed by atoms with Gasteiger partial charge in [-0.05, 0) is 24.6 Å². The first-order valence-electron chi connectivity index (χ1n) is 10.8. The first kappa shape index (κ1) is 25.0. The van der Waals surface area contributed by atoms with Gasteiger partial charge in [-0.3, -0.25) is 4.79 Å². The summed E-state index contributed by atoms with van der Waals surface area (Å²) in [4.78, 5) is 18.1. The van der Waals surface area contributed by atoms with Gasteiger partial charge >= 0.3 is 0 Å². The number of fused-ring (bicyclic) bond motifs is 1. The summed E-state index contributed by atoms with van der Waals surface area (Å²) in [6.45, 7) is 1.79. The molecule has 36 heavy (non-hydrogen) atoms. The molecule has 0 unspecified atom stereocenters. The number of anilines is 2. The van der Waals surface area contributed by atoms with Crippen molar-refractivity contribution in [2.45, 2.75) is 13.0 Å². The molecule has 1 atom stereocenters. The average Bonchev–Trinajstić information content (AvgIpc) is 3.35. The molecule has 3 aromatic rings. The van der Waals surface area contributed by atoms with Crippen molar-refractivity contribution < 1.29 is 28.5 Å². The number of carbonyl (C=O) groups is 1. The van der Waals surface area contributed by atoms with Crippen LogP contribution in [0.15, 0.2) is 41.9 Å². The lowest BCUT2D eigenvalue weighted by molar-refractivity contribution is -0.113. The number of hydrogen-bond acceptors (Lipinski definition) is 9. The van der Waals surface area contributed by atoms with E-state index in [1.807, 2.05) is 0 Å². The van der Waals surface area contributed by atoms with Crippen LogP contribution in [0.25, 0.3) is 0 Å². The summed E-state index contributed by atoms with van der Waals surface area (Å²) in [6, 6.07) is 6.05. The zero-order valence-electron chi connectivity index (χ0n) is 20.6. The van der Waals surface area contributed by atoms with Gasteiger partial charge in [0.15, 0.2) is 11.5 Å². The lowest BCUT2D eigenvalue weighted by Gasteiger charge is -2.29. The number of hydrogen-bond donors (Lipinski definition) is 2. The number of ether oxygens (including phenoxy) is 5. The normalized spacial score (nSPS) is 14.5. The molecular formula is C24H26ClN5O6. The predicted molar refractivity (Wildman–Crippen MR) is 134 cm³/mol. The minimum Gasteiger partial charge on any atom is -0.495 e. The molecule has 0 radical (unpaired) electrons. The number of nitrogens with one attached hydrogen (secondary N) is 2. The maximum Gasteiger partial charge on any atom is 0.255 e. The third-order valence-electron chi connectivity index (χ3n) is 5.76. The molecule has 0 saturated heterocycles. The van der Waals surface area contributed by atoms with E-state index in [1.54, 1.807) is 35.9 Å². The van der Waals surface area contributed by atoms with E-state index >= 15 is 0 Å². The maximum absolute atomic E-state index is 13.8. The second-order valence-corrected chi connectivity index (χ2v) is 8.10. The summed E-state index contributed by atoms with van der Waals surface area (Å²) in [5, 5.41) is 10.8. The van der Waals surface area contributed by atoms with E-state index in [2.05, 4.69) is 20.7 Å². The molecule has 0 fully saturated rings. The van der Waals surface area contributed by atoms with E-state index in [0.717, 1.165) is 0 Å². The molecule has 0 spiro atoms. The molecule has 2 heterocycles. The third kappa shape index (κ3) is 4.33. The van der Waals surface area contributed by atoms with E-state index in [1.165, 1.54) is 41.9 Å². The van der Waals surface area contributed by atoms with Gasteiger partial charge in [0.05, 0.1) is 51.8 Å². The van der Waals surface area contributed by atoms with Crippen molar-refractivity contribution >= 4 is 29.1 Å². The van der Waals surface area contributed by atoms with Gasteiger partial charge in [-0.2, -0.15) is 10.1 Å². The maximum atomic E-state index is 13.8. The van der Waals surface area contributed by atoms with Crippen molar-refractivity contribution in [3.63, 3.8) is 0 Å². The topological polar surface area (TPSA) is 118 Å². The number of rotatable bonds is 8. The highest BCUT2D eigenvalue weighted by Gasteiger charge is 2.35. The Balaban J connectivity index is 1.84. The van der Waals surface area contributed by atoms with Gasteiger partial charge in [-0.25, -0.2) is 4.68 Å². The quantitative estimate of drug-likeness (QED) is 0.460. The Morgan fingerprint density at radius 2 is 1.58 bits per heavy atom. The Kier molecular flexibility index (Phi) is 7.11. The molecule has 2 aromatic carbocycles. The van der Waals surface area contributed by atoms with Gasteiger partial charge in [0.25, 0.3) is 5.91 Å². The predicted octanol–water partition coefficient (Wildman–Crippen LogP) is 3.90. The fourth-order valence-electron chi connectivity index (χ4n) is 4.10. The summed E-state index contributed by atoms with van der Waals surface area (Å²) in [7, 11) is 7.56. The van der Waals surface area contributed by atoms with Crippen LogP contribution in [0, 0.1) is 0 Å². The number of halogens is 1. The number of methoxy groups -OCH3 is 5. The average molecular weight is 516 g/mol.